The lowest BCUT2D eigenvalue weighted by atomic mass is 10.1. The highest BCUT2D eigenvalue weighted by Crippen LogP contribution is 2.21. The number of amidine groups is 1. The van der Waals surface area contributed by atoms with Crippen LogP contribution in [0, 0.1) is 11.6 Å². The van der Waals surface area contributed by atoms with Crippen molar-refractivity contribution in [1.29, 1.82) is 0 Å². The minimum atomic E-state index is -0.902. The summed E-state index contributed by atoms with van der Waals surface area (Å²) in [5.74, 6) is -2.53. The first-order chi connectivity index (χ1) is 9.77. The molecule has 5 nitrogen and oxygen atoms in total. The van der Waals surface area contributed by atoms with Crippen LogP contribution in [0.5, 0.6) is 0 Å². The Hall–Kier alpha value is -1.89. The molecule has 21 heavy (non-hydrogen) atoms. The summed E-state index contributed by atoms with van der Waals surface area (Å²) in [6.45, 7) is 3.54. The molecule has 0 fully saturated rings. The number of nitrogens with two attached hydrogens (primary N) is 1. The molecular weight excluding hydrogens is 304 g/mol. The summed E-state index contributed by atoms with van der Waals surface area (Å²) in [4.78, 5) is 13.6. The van der Waals surface area contributed by atoms with Gasteiger partial charge in [-0.05, 0) is 26.0 Å². The van der Waals surface area contributed by atoms with Crippen molar-refractivity contribution >= 4 is 23.3 Å². The Labute approximate surface area is 126 Å². The predicted octanol–water partition coefficient (Wildman–Crippen LogP) is 2.61. The fourth-order valence-corrected chi connectivity index (χ4v) is 1.87. The zero-order valence-corrected chi connectivity index (χ0v) is 12.4. The molecule has 8 heteroatoms. The lowest BCUT2D eigenvalue weighted by molar-refractivity contribution is 0.0705. The smallest absolute Gasteiger partial charge is 0.257 e. The van der Waals surface area contributed by atoms with Gasteiger partial charge in [-0.2, -0.15) is 0 Å². The maximum absolute atomic E-state index is 13.8. The first-order valence-electron chi connectivity index (χ1n) is 6.19. The summed E-state index contributed by atoms with van der Waals surface area (Å²) in [6, 6.07) is 1.24. The standard InChI is InChI=1S/C13H16ClF2N3O2/c1-7(2)19(4-3-12(17)18-21)13(20)8-5-11(16)9(14)6-10(8)15/h5-7,21H,3-4H2,1-2H3,(H2,17,18). The van der Waals surface area contributed by atoms with Crippen LogP contribution in [0.25, 0.3) is 0 Å². The molecule has 116 valence electrons. The van der Waals surface area contributed by atoms with Gasteiger partial charge in [0.25, 0.3) is 5.91 Å². The second-order valence-electron chi connectivity index (χ2n) is 4.68. The van der Waals surface area contributed by atoms with E-state index in [1.165, 1.54) is 4.90 Å². The number of nitrogens with zero attached hydrogens (tertiary/aromatic N) is 2. The molecule has 0 spiro atoms. The number of benzene rings is 1. The summed E-state index contributed by atoms with van der Waals surface area (Å²) in [5, 5.41) is 10.9. The lowest BCUT2D eigenvalue weighted by Crippen LogP contribution is -2.39. The molecular formula is C13H16ClF2N3O2. The van der Waals surface area contributed by atoms with Gasteiger partial charge in [-0.15, -0.1) is 0 Å². The topological polar surface area (TPSA) is 78.9 Å². The van der Waals surface area contributed by atoms with Gasteiger partial charge in [-0.3, -0.25) is 4.79 Å². The van der Waals surface area contributed by atoms with E-state index in [-0.39, 0.29) is 24.8 Å². The average Bonchev–Trinajstić information content (AvgIpc) is 2.42. The van der Waals surface area contributed by atoms with Crippen molar-refractivity contribution in [2.24, 2.45) is 10.9 Å². The van der Waals surface area contributed by atoms with Gasteiger partial charge in [-0.25, -0.2) is 8.78 Å². The second-order valence-corrected chi connectivity index (χ2v) is 5.09. The number of oxime groups is 1. The van der Waals surface area contributed by atoms with Crippen LogP contribution < -0.4 is 5.73 Å². The fourth-order valence-electron chi connectivity index (χ4n) is 1.72. The molecule has 1 aromatic rings. The van der Waals surface area contributed by atoms with E-state index in [2.05, 4.69) is 5.16 Å². The van der Waals surface area contributed by atoms with Crippen LogP contribution >= 0.6 is 11.6 Å². The quantitative estimate of drug-likeness (QED) is 0.288. The summed E-state index contributed by atoms with van der Waals surface area (Å²) in [6.07, 6.45) is 0.109. The molecule has 0 saturated heterocycles. The van der Waals surface area contributed by atoms with E-state index in [1.54, 1.807) is 13.8 Å². The number of rotatable bonds is 5. The third-order valence-electron chi connectivity index (χ3n) is 2.86. The van der Waals surface area contributed by atoms with Crippen LogP contribution in [0.3, 0.4) is 0 Å². The van der Waals surface area contributed by atoms with E-state index in [0.29, 0.717) is 0 Å². The van der Waals surface area contributed by atoms with Crippen LogP contribution in [-0.2, 0) is 0 Å². The molecule has 0 heterocycles. The summed E-state index contributed by atoms with van der Waals surface area (Å²) in [5.41, 5.74) is 4.93. The number of halogens is 3. The third-order valence-corrected chi connectivity index (χ3v) is 3.15. The van der Waals surface area contributed by atoms with E-state index in [9.17, 15) is 13.6 Å². The summed E-state index contributed by atoms with van der Waals surface area (Å²) >= 11 is 5.45. The van der Waals surface area contributed by atoms with Gasteiger partial charge in [0.2, 0.25) is 0 Å². The van der Waals surface area contributed by atoms with Gasteiger partial charge in [0.05, 0.1) is 10.6 Å². The normalized spacial score (nSPS) is 11.8. The molecule has 3 N–H and O–H groups in total. The molecule has 0 aliphatic rings. The Bertz CT molecular complexity index is 565. The zero-order valence-electron chi connectivity index (χ0n) is 11.6. The first kappa shape index (κ1) is 17.2. The maximum Gasteiger partial charge on any atom is 0.257 e. The van der Waals surface area contributed by atoms with Gasteiger partial charge in [-0.1, -0.05) is 16.8 Å². The molecule has 1 rings (SSSR count). The predicted molar refractivity (Wildman–Crippen MR) is 75.6 cm³/mol. The lowest BCUT2D eigenvalue weighted by Gasteiger charge is -2.27. The van der Waals surface area contributed by atoms with Gasteiger partial charge in [0.15, 0.2) is 0 Å². The average molecular weight is 320 g/mol. The van der Waals surface area contributed by atoms with Crippen LogP contribution in [0.2, 0.25) is 5.02 Å². The molecule has 0 bridgehead atoms. The summed E-state index contributed by atoms with van der Waals surface area (Å²) in [7, 11) is 0. The van der Waals surface area contributed by atoms with Crippen molar-refractivity contribution in [3.05, 3.63) is 34.4 Å². The Balaban J connectivity index is 3.04. The number of amides is 1. The zero-order chi connectivity index (χ0) is 16.2. The van der Waals surface area contributed by atoms with E-state index >= 15 is 0 Å². The van der Waals surface area contributed by atoms with Crippen molar-refractivity contribution in [3.63, 3.8) is 0 Å². The van der Waals surface area contributed by atoms with Crippen molar-refractivity contribution in [2.75, 3.05) is 6.54 Å². The van der Waals surface area contributed by atoms with Crippen molar-refractivity contribution in [1.82, 2.24) is 4.90 Å². The molecule has 1 aromatic carbocycles. The van der Waals surface area contributed by atoms with Gasteiger partial charge in [0, 0.05) is 19.0 Å². The minimum Gasteiger partial charge on any atom is -0.409 e. The van der Waals surface area contributed by atoms with Crippen LogP contribution in [0.4, 0.5) is 8.78 Å². The van der Waals surface area contributed by atoms with Crippen molar-refractivity contribution < 1.29 is 18.8 Å². The number of hydrogen-bond acceptors (Lipinski definition) is 3. The van der Waals surface area contributed by atoms with Gasteiger partial charge >= 0.3 is 0 Å². The van der Waals surface area contributed by atoms with E-state index in [0.717, 1.165) is 12.1 Å². The molecule has 0 aromatic heterocycles. The van der Waals surface area contributed by atoms with Gasteiger partial charge in [0.1, 0.15) is 17.5 Å². The maximum atomic E-state index is 13.8. The van der Waals surface area contributed by atoms with Crippen LogP contribution in [0.15, 0.2) is 17.3 Å². The molecule has 0 atom stereocenters. The molecule has 0 radical (unpaired) electrons. The molecule has 1 amide bonds. The largest absolute Gasteiger partial charge is 0.409 e. The van der Waals surface area contributed by atoms with E-state index < -0.39 is 28.1 Å². The highest BCUT2D eigenvalue weighted by atomic mass is 35.5. The SMILES string of the molecule is CC(C)N(CC/C(N)=N/O)C(=O)c1cc(F)c(Cl)cc1F. The van der Waals surface area contributed by atoms with E-state index in [1.807, 2.05) is 0 Å². The van der Waals surface area contributed by atoms with Gasteiger partial charge < -0.3 is 15.8 Å². The molecule has 0 aliphatic heterocycles. The Morgan fingerprint density at radius 2 is 2.05 bits per heavy atom. The third kappa shape index (κ3) is 4.29. The number of hydrogen-bond donors (Lipinski definition) is 2. The Morgan fingerprint density at radius 1 is 1.43 bits per heavy atom. The molecule has 0 saturated carbocycles. The summed E-state index contributed by atoms with van der Waals surface area (Å²) < 4.78 is 27.2. The number of carbonyl (C=O) groups excluding carboxylic acids is 1. The molecule has 0 unspecified atom stereocenters. The highest BCUT2D eigenvalue weighted by molar-refractivity contribution is 6.30. The van der Waals surface area contributed by atoms with Crippen LogP contribution in [0.1, 0.15) is 30.6 Å². The van der Waals surface area contributed by atoms with Crippen LogP contribution in [-0.4, -0.2) is 34.4 Å². The Kier molecular flexibility index (Phi) is 5.90. The highest BCUT2D eigenvalue weighted by Gasteiger charge is 2.23. The fraction of sp³-hybridized carbons (Fsp3) is 0.385. The van der Waals surface area contributed by atoms with E-state index in [4.69, 9.17) is 22.5 Å². The van der Waals surface area contributed by atoms with Crippen molar-refractivity contribution in [3.8, 4) is 0 Å². The minimum absolute atomic E-state index is 0.0591. The number of carbonyl (C=O) groups is 1. The monoisotopic (exact) mass is 319 g/mol. The first-order valence-corrected chi connectivity index (χ1v) is 6.57. The Morgan fingerprint density at radius 3 is 2.57 bits per heavy atom. The van der Waals surface area contributed by atoms with Crippen molar-refractivity contribution in [2.45, 2.75) is 26.3 Å². The molecule has 0 aliphatic carbocycles. The second kappa shape index (κ2) is 7.21.